The monoisotopic (exact) mass is 519 g/mol. The normalized spacial score (nSPS) is 18.3. The number of hydrogen-bond donors (Lipinski definition) is 1. The van der Waals surface area contributed by atoms with Crippen LogP contribution in [0, 0.1) is 0 Å². The predicted octanol–water partition coefficient (Wildman–Crippen LogP) is 5.55. The Labute approximate surface area is 231 Å². The minimum atomic E-state index is -0.711. The summed E-state index contributed by atoms with van der Waals surface area (Å²) in [5, 5.41) is 3.21. The Bertz CT molecular complexity index is 1360. The number of amides is 2. The van der Waals surface area contributed by atoms with Crippen molar-refractivity contribution in [3.05, 3.63) is 107 Å². The van der Waals surface area contributed by atoms with Gasteiger partial charge in [-0.2, -0.15) is 0 Å². The Kier molecular flexibility index (Phi) is 7.09. The molecule has 39 heavy (non-hydrogen) atoms. The van der Waals surface area contributed by atoms with E-state index in [9.17, 15) is 9.59 Å². The largest absolute Gasteiger partial charge is 0.355 e. The molecule has 2 amide bonds. The Morgan fingerprint density at radius 1 is 0.897 bits per heavy atom. The van der Waals surface area contributed by atoms with Crippen molar-refractivity contribution < 1.29 is 9.59 Å². The fourth-order valence-corrected chi connectivity index (χ4v) is 6.74. The van der Waals surface area contributed by atoms with Crippen LogP contribution in [0.15, 0.2) is 84.9 Å². The third-order valence-electron chi connectivity index (χ3n) is 8.79. The molecule has 0 unspecified atom stereocenters. The van der Waals surface area contributed by atoms with Gasteiger partial charge in [-0.3, -0.25) is 14.5 Å². The molecular formula is C34H37N3O2. The van der Waals surface area contributed by atoms with E-state index < -0.39 is 5.41 Å². The third-order valence-corrected chi connectivity index (χ3v) is 8.79. The second kappa shape index (κ2) is 10.8. The van der Waals surface area contributed by atoms with E-state index in [0.29, 0.717) is 19.0 Å². The lowest BCUT2D eigenvalue weighted by atomic mass is 9.74. The summed E-state index contributed by atoms with van der Waals surface area (Å²) < 4.78 is 0. The summed E-state index contributed by atoms with van der Waals surface area (Å²) in [4.78, 5) is 31.3. The first-order chi connectivity index (χ1) is 19.1. The lowest BCUT2D eigenvalue weighted by molar-refractivity contribution is -0.125. The third kappa shape index (κ3) is 4.49. The molecule has 1 saturated heterocycles. The lowest BCUT2D eigenvalue weighted by Gasteiger charge is -2.36. The molecule has 0 bridgehead atoms. The van der Waals surface area contributed by atoms with Crippen molar-refractivity contribution in [1.29, 1.82) is 0 Å². The Balaban J connectivity index is 1.13. The minimum Gasteiger partial charge on any atom is -0.355 e. The van der Waals surface area contributed by atoms with Gasteiger partial charge in [0.15, 0.2) is 0 Å². The van der Waals surface area contributed by atoms with Gasteiger partial charge in [-0.1, -0.05) is 85.8 Å². The quantitative estimate of drug-likeness (QED) is 0.397. The molecule has 3 aromatic rings. The summed E-state index contributed by atoms with van der Waals surface area (Å²) >= 11 is 0. The molecule has 2 heterocycles. The Morgan fingerprint density at radius 3 is 2.15 bits per heavy atom. The van der Waals surface area contributed by atoms with E-state index in [-0.39, 0.29) is 11.8 Å². The van der Waals surface area contributed by atoms with Crippen LogP contribution in [0.3, 0.4) is 0 Å². The molecule has 0 aromatic heterocycles. The lowest BCUT2D eigenvalue weighted by Crippen LogP contribution is -2.45. The van der Waals surface area contributed by atoms with E-state index in [4.69, 9.17) is 0 Å². The molecule has 3 aliphatic rings. The number of piperidine rings is 1. The minimum absolute atomic E-state index is 0.0866. The van der Waals surface area contributed by atoms with E-state index in [2.05, 4.69) is 76.7 Å². The molecule has 0 atom stereocenters. The fraction of sp³-hybridized carbons (Fsp3) is 0.353. The van der Waals surface area contributed by atoms with Crippen LogP contribution >= 0.6 is 0 Å². The number of nitrogens with zero attached hydrogens (tertiary/aromatic N) is 2. The zero-order valence-corrected chi connectivity index (χ0v) is 22.7. The van der Waals surface area contributed by atoms with Gasteiger partial charge in [0.25, 0.3) is 5.91 Å². The number of allylic oxidation sites excluding steroid dienone is 1. The topological polar surface area (TPSA) is 52.7 Å². The number of carbonyl (C=O) groups is 2. The SMILES string of the molecule is CCCNC(=O)C1(CC=CCN2CCC(N3Cc4ccccc4C3=O)CC2)c2ccccc2-c2ccccc21. The molecule has 1 fully saturated rings. The van der Waals surface area contributed by atoms with Crippen LogP contribution in [0.5, 0.6) is 0 Å². The van der Waals surface area contributed by atoms with Crippen LogP contribution < -0.4 is 5.32 Å². The number of fused-ring (bicyclic) bond motifs is 4. The van der Waals surface area contributed by atoms with E-state index in [1.165, 1.54) is 0 Å². The average molecular weight is 520 g/mol. The van der Waals surface area contributed by atoms with E-state index in [1.807, 2.05) is 30.3 Å². The summed E-state index contributed by atoms with van der Waals surface area (Å²) in [6.07, 6.45) is 7.97. The predicted molar refractivity (Wildman–Crippen MR) is 155 cm³/mol. The molecule has 2 aliphatic heterocycles. The molecule has 0 radical (unpaired) electrons. The summed E-state index contributed by atoms with van der Waals surface area (Å²) in [6.45, 7) is 6.31. The highest BCUT2D eigenvalue weighted by Crippen LogP contribution is 2.51. The van der Waals surface area contributed by atoms with Crippen LogP contribution in [0.25, 0.3) is 11.1 Å². The highest BCUT2D eigenvalue weighted by atomic mass is 16.2. The van der Waals surface area contributed by atoms with Gasteiger partial charge in [0.05, 0.1) is 0 Å². The number of benzene rings is 3. The zero-order valence-electron chi connectivity index (χ0n) is 22.7. The Hall–Kier alpha value is -3.70. The number of hydrogen-bond acceptors (Lipinski definition) is 3. The molecule has 3 aromatic carbocycles. The number of nitrogens with one attached hydrogen (secondary N) is 1. The van der Waals surface area contributed by atoms with Crippen molar-refractivity contribution in [3.8, 4) is 11.1 Å². The molecule has 0 spiro atoms. The maximum absolute atomic E-state index is 13.8. The van der Waals surface area contributed by atoms with Crippen LogP contribution in [0.4, 0.5) is 0 Å². The van der Waals surface area contributed by atoms with Gasteiger partial charge in [0.1, 0.15) is 5.41 Å². The van der Waals surface area contributed by atoms with Crippen LogP contribution in [0.1, 0.15) is 59.7 Å². The second-order valence-electron chi connectivity index (χ2n) is 11.0. The Morgan fingerprint density at radius 2 is 1.51 bits per heavy atom. The van der Waals surface area contributed by atoms with Crippen LogP contribution in [0.2, 0.25) is 0 Å². The van der Waals surface area contributed by atoms with Crippen molar-refractivity contribution in [2.24, 2.45) is 0 Å². The second-order valence-corrected chi connectivity index (χ2v) is 11.0. The average Bonchev–Trinajstić information content (AvgIpc) is 3.47. The van der Waals surface area contributed by atoms with E-state index in [0.717, 1.165) is 78.8 Å². The smallest absolute Gasteiger partial charge is 0.254 e. The first-order valence-corrected chi connectivity index (χ1v) is 14.4. The zero-order chi connectivity index (χ0) is 26.8. The van der Waals surface area contributed by atoms with Crippen molar-refractivity contribution in [2.45, 2.75) is 50.6 Å². The van der Waals surface area contributed by atoms with Gasteiger partial charge in [-0.05, 0) is 59.6 Å². The van der Waals surface area contributed by atoms with E-state index >= 15 is 0 Å². The van der Waals surface area contributed by atoms with E-state index in [1.54, 1.807) is 0 Å². The number of carbonyl (C=O) groups excluding carboxylic acids is 2. The molecule has 1 N–H and O–H groups in total. The van der Waals surface area contributed by atoms with Gasteiger partial charge in [0.2, 0.25) is 5.91 Å². The summed E-state index contributed by atoms with van der Waals surface area (Å²) in [7, 11) is 0. The summed E-state index contributed by atoms with van der Waals surface area (Å²) in [6, 6.07) is 25.0. The van der Waals surface area contributed by atoms with Crippen molar-refractivity contribution in [3.63, 3.8) is 0 Å². The molecule has 200 valence electrons. The molecule has 5 nitrogen and oxygen atoms in total. The molecule has 1 aliphatic carbocycles. The fourth-order valence-electron chi connectivity index (χ4n) is 6.74. The number of rotatable bonds is 8. The van der Waals surface area contributed by atoms with Gasteiger partial charge in [-0.25, -0.2) is 0 Å². The van der Waals surface area contributed by atoms with Crippen molar-refractivity contribution >= 4 is 11.8 Å². The van der Waals surface area contributed by atoms with Crippen molar-refractivity contribution in [1.82, 2.24) is 15.1 Å². The highest BCUT2D eigenvalue weighted by Gasteiger charge is 2.48. The maximum Gasteiger partial charge on any atom is 0.254 e. The summed E-state index contributed by atoms with van der Waals surface area (Å²) in [5.74, 6) is 0.274. The van der Waals surface area contributed by atoms with Gasteiger partial charge >= 0.3 is 0 Å². The molecule has 5 heteroatoms. The maximum atomic E-state index is 13.8. The molecule has 6 rings (SSSR count). The van der Waals surface area contributed by atoms with Gasteiger partial charge in [0, 0.05) is 44.3 Å². The van der Waals surface area contributed by atoms with Crippen LogP contribution in [-0.4, -0.2) is 53.8 Å². The van der Waals surface area contributed by atoms with Gasteiger partial charge < -0.3 is 10.2 Å². The summed E-state index contributed by atoms with van der Waals surface area (Å²) in [5.41, 5.74) is 5.83. The standard InChI is InChI=1S/C34H37N3O2/c1-2-20-35-33(39)34(30-15-7-5-13-28(30)29-14-6-8-16-31(29)34)19-9-10-21-36-22-17-26(18-23-36)37-24-25-11-3-4-12-27(25)32(37)38/h3-16,26H,2,17-24H2,1H3,(H,35,39). The first-order valence-electron chi connectivity index (χ1n) is 14.4. The van der Waals surface area contributed by atoms with Gasteiger partial charge in [-0.15, -0.1) is 0 Å². The van der Waals surface area contributed by atoms with Crippen LogP contribution in [-0.2, 0) is 16.8 Å². The highest BCUT2D eigenvalue weighted by molar-refractivity contribution is 6.01. The number of likely N-dealkylation sites (tertiary alicyclic amines) is 1. The molecule has 0 saturated carbocycles. The molecular weight excluding hydrogens is 482 g/mol. The van der Waals surface area contributed by atoms with Crippen molar-refractivity contribution in [2.75, 3.05) is 26.2 Å². The first kappa shape index (κ1) is 25.6.